The molecule has 0 aliphatic carbocycles. The molecule has 1 aromatic carbocycles. The highest BCUT2D eigenvalue weighted by molar-refractivity contribution is 7.97. The normalized spacial score (nSPS) is 11.9. The molecule has 0 saturated carbocycles. The molecule has 0 saturated heterocycles. The topological polar surface area (TPSA) is 51.2 Å². The molecule has 2 aromatic rings. The smallest absolute Gasteiger partial charge is 0.266 e. The molecular formula is C14H16N2O2S2. The third-order valence-electron chi connectivity index (χ3n) is 2.50. The second-order valence-corrected chi connectivity index (χ2v) is 5.86. The van der Waals surface area contributed by atoms with Gasteiger partial charge in [-0.1, -0.05) is 18.2 Å². The minimum Gasteiger partial charge on any atom is -0.481 e. The van der Waals surface area contributed by atoms with E-state index in [0.29, 0.717) is 10.9 Å². The van der Waals surface area contributed by atoms with Gasteiger partial charge in [-0.25, -0.2) is 4.98 Å². The maximum absolute atomic E-state index is 12.0. The third-order valence-corrected chi connectivity index (χ3v) is 3.89. The van der Waals surface area contributed by atoms with E-state index in [1.54, 1.807) is 18.7 Å². The Hall–Kier alpha value is -1.53. The Balaban J connectivity index is 1.90. The van der Waals surface area contributed by atoms with Crippen molar-refractivity contribution in [3.63, 3.8) is 0 Å². The Morgan fingerprint density at radius 3 is 2.90 bits per heavy atom. The van der Waals surface area contributed by atoms with Crippen molar-refractivity contribution in [2.75, 3.05) is 11.6 Å². The van der Waals surface area contributed by atoms with Crippen molar-refractivity contribution in [1.29, 1.82) is 0 Å². The lowest BCUT2D eigenvalue weighted by Gasteiger charge is -2.13. The van der Waals surface area contributed by atoms with E-state index in [1.165, 1.54) is 11.3 Å². The quantitative estimate of drug-likeness (QED) is 0.888. The van der Waals surface area contributed by atoms with Crippen LogP contribution < -0.4 is 10.1 Å². The van der Waals surface area contributed by atoms with Gasteiger partial charge in [0.05, 0.1) is 5.69 Å². The summed E-state index contributed by atoms with van der Waals surface area (Å²) in [5.41, 5.74) is 0.981. The molecule has 1 atom stereocenters. The fourth-order valence-electron chi connectivity index (χ4n) is 1.54. The molecule has 20 heavy (non-hydrogen) atoms. The van der Waals surface area contributed by atoms with Gasteiger partial charge in [0.2, 0.25) is 0 Å². The number of nitrogens with one attached hydrogen (secondary N) is 1. The Bertz CT molecular complexity index is 557. The minimum absolute atomic E-state index is 0.195. The van der Waals surface area contributed by atoms with Crippen molar-refractivity contribution in [3.05, 3.63) is 41.4 Å². The molecular weight excluding hydrogens is 292 g/mol. The van der Waals surface area contributed by atoms with Crippen molar-refractivity contribution in [2.45, 2.75) is 18.8 Å². The number of ether oxygens (including phenoxy) is 1. The van der Waals surface area contributed by atoms with Crippen molar-refractivity contribution < 1.29 is 9.53 Å². The maximum Gasteiger partial charge on any atom is 0.266 e. The van der Waals surface area contributed by atoms with Crippen LogP contribution in [-0.2, 0) is 10.5 Å². The molecule has 1 amide bonds. The average molecular weight is 308 g/mol. The van der Waals surface area contributed by atoms with Crippen molar-refractivity contribution in [3.8, 4) is 5.75 Å². The van der Waals surface area contributed by atoms with Crippen LogP contribution >= 0.6 is 23.1 Å². The van der Waals surface area contributed by atoms with Crippen LogP contribution in [0.4, 0.5) is 5.13 Å². The first-order valence-corrected chi connectivity index (χ1v) is 8.42. The number of carbonyl (C=O) groups is 1. The Morgan fingerprint density at radius 1 is 1.45 bits per heavy atom. The lowest BCUT2D eigenvalue weighted by molar-refractivity contribution is -0.122. The first kappa shape index (κ1) is 14.9. The van der Waals surface area contributed by atoms with E-state index in [2.05, 4.69) is 10.3 Å². The van der Waals surface area contributed by atoms with Crippen LogP contribution in [0.1, 0.15) is 12.6 Å². The number of thioether (sulfide) groups is 1. The lowest BCUT2D eigenvalue weighted by atomic mass is 10.3. The molecule has 2 rings (SSSR count). The molecule has 1 unspecified atom stereocenters. The van der Waals surface area contributed by atoms with Crippen LogP contribution in [0.2, 0.25) is 0 Å². The average Bonchev–Trinajstić information content (AvgIpc) is 2.87. The molecule has 0 aliphatic rings. The number of amides is 1. The molecule has 0 spiro atoms. The van der Waals surface area contributed by atoms with E-state index in [1.807, 2.05) is 42.0 Å². The van der Waals surface area contributed by atoms with Crippen LogP contribution in [0.25, 0.3) is 0 Å². The van der Waals surface area contributed by atoms with Gasteiger partial charge in [0, 0.05) is 11.1 Å². The molecule has 4 nitrogen and oxygen atoms in total. The first-order valence-electron chi connectivity index (χ1n) is 6.15. The van der Waals surface area contributed by atoms with Crippen LogP contribution in [0.3, 0.4) is 0 Å². The summed E-state index contributed by atoms with van der Waals surface area (Å²) in [5, 5.41) is 5.34. The predicted octanol–water partition coefficient (Wildman–Crippen LogP) is 3.41. The summed E-state index contributed by atoms with van der Waals surface area (Å²) in [5.74, 6) is 1.33. The highest BCUT2D eigenvalue weighted by atomic mass is 32.2. The number of hydrogen-bond donors (Lipinski definition) is 1. The Morgan fingerprint density at radius 2 is 2.20 bits per heavy atom. The van der Waals surface area contributed by atoms with Gasteiger partial charge in [-0.3, -0.25) is 10.1 Å². The standard InChI is InChI=1S/C14H16N2O2S2/c1-10(18-12-6-4-3-5-7-12)13(17)16-14-15-11(8-19-2)9-20-14/h3-7,9-10H,8H2,1-2H3,(H,15,16,17). The summed E-state index contributed by atoms with van der Waals surface area (Å²) in [6.45, 7) is 1.72. The van der Waals surface area contributed by atoms with Gasteiger partial charge in [0.1, 0.15) is 5.75 Å². The molecule has 0 aliphatic heterocycles. The van der Waals surface area contributed by atoms with Crippen LogP contribution in [0.15, 0.2) is 35.7 Å². The van der Waals surface area contributed by atoms with E-state index in [9.17, 15) is 4.79 Å². The van der Waals surface area contributed by atoms with Crippen molar-refractivity contribution >= 4 is 34.1 Å². The zero-order chi connectivity index (χ0) is 14.4. The number of benzene rings is 1. The molecule has 0 radical (unpaired) electrons. The van der Waals surface area contributed by atoms with E-state index in [4.69, 9.17) is 4.74 Å². The first-order chi connectivity index (χ1) is 9.69. The highest BCUT2D eigenvalue weighted by Crippen LogP contribution is 2.19. The Labute approximate surface area is 126 Å². The van der Waals surface area contributed by atoms with Crippen molar-refractivity contribution in [1.82, 2.24) is 4.98 Å². The van der Waals surface area contributed by atoms with E-state index < -0.39 is 6.10 Å². The number of aromatic nitrogens is 1. The molecule has 0 fully saturated rings. The number of hydrogen-bond acceptors (Lipinski definition) is 5. The molecule has 106 valence electrons. The second-order valence-electron chi connectivity index (χ2n) is 4.14. The summed E-state index contributed by atoms with van der Waals surface area (Å²) in [4.78, 5) is 16.3. The molecule has 6 heteroatoms. The predicted molar refractivity (Wildman–Crippen MR) is 84.5 cm³/mol. The van der Waals surface area contributed by atoms with Crippen molar-refractivity contribution in [2.24, 2.45) is 0 Å². The van der Waals surface area contributed by atoms with Gasteiger partial charge in [-0.2, -0.15) is 11.8 Å². The number of para-hydroxylation sites is 1. The fourth-order valence-corrected chi connectivity index (χ4v) is 2.80. The largest absolute Gasteiger partial charge is 0.481 e. The summed E-state index contributed by atoms with van der Waals surface area (Å²) in [6.07, 6.45) is 1.46. The summed E-state index contributed by atoms with van der Waals surface area (Å²) >= 11 is 3.13. The fraction of sp³-hybridized carbons (Fsp3) is 0.286. The molecule has 1 aromatic heterocycles. The van der Waals surface area contributed by atoms with Gasteiger partial charge < -0.3 is 4.74 Å². The highest BCUT2D eigenvalue weighted by Gasteiger charge is 2.16. The summed E-state index contributed by atoms with van der Waals surface area (Å²) < 4.78 is 5.56. The van der Waals surface area contributed by atoms with E-state index >= 15 is 0 Å². The van der Waals surface area contributed by atoms with Gasteiger partial charge in [0.25, 0.3) is 5.91 Å². The number of carbonyl (C=O) groups excluding carboxylic acids is 1. The van der Waals surface area contributed by atoms with E-state index in [0.717, 1.165) is 11.4 Å². The second kappa shape index (κ2) is 7.31. The van der Waals surface area contributed by atoms with Gasteiger partial charge in [-0.15, -0.1) is 11.3 Å². The summed E-state index contributed by atoms with van der Waals surface area (Å²) in [7, 11) is 0. The molecule has 0 bridgehead atoms. The number of thiazole rings is 1. The van der Waals surface area contributed by atoms with Gasteiger partial charge >= 0.3 is 0 Å². The SMILES string of the molecule is CSCc1csc(NC(=O)C(C)Oc2ccccc2)n1. The Kier molecular flexibility index (Phi) is 5.43. The zero-order valence-electron chi connectivity index (χ0n) is 11.3. The minimum atomic E-state index is -0.565. The monoisotopic (exact) mass is 308 g/mol. The van der Waals surface area contributed by atoms with E-state index in [-0.39, 0.29) is 5.91 Å². The van der Waals surface area contributed by atoms with Gasteiger partial charge in [0.15, 0.2) is 11.2 Å². The third kappa shape index (κ3) is 4.25. The number of nitrogens with zero attached hydrogens (tertiary/aromatic N) is 1. The van der Waals surface area contributed by atoms with Crippen LogP contribution in [-0.4, -0.2) is 23.3 Å². The molecule has 1 heterocycles. The lowest BCUT2D eigenvalue weighted by Crippen LogP contribution is -2.30. The van der Waals surface area contributed by atoms with Crippen LogP contribution in [0.5, 0.6) is 5.75 Å². The summed E-state index contributed by atoms with van der Waals surface area (Å²) in [6, 6.07) is 9.29. The van der Waals surface area contributed by atoms with Crippen LogP contribution in [0, 0.1) is 0 Å². The number of rotatable bonds is 6. The molecule has 1 N–H and O–H groups in total. The number of anilines is 1. The van der Waals surface area contributed by atoms with Gasteiger partial charge in [-0.05, 0) is 25.3 Å². The zero-order valence-corrected chi connectivity index (χ0v) is 13.0. The maximum atomic E-state index is 12.0.